The summed E-state index contributed by atoms with van der Waals surface area (Å²) in [7, 11) is 0. The summed E-state index contributed by atoms with van der Waals surface area (Å²) in [4.78, 5) is 15.5. The number of nitrogens with zero attached hydrogens (tertiary/aromatic N) is 1. The number of carbonyl (C=O) groups excluding carboxylic acids is 1. The van der Waals surface area contributed by atoms with Gasteiger partial charge in [-0.05, 0) is 25.1 Å². The fourth-order valence-electron chi connectivity index (χ4n) is 1.55. The molecule has 0 bridgehead atoms. The fourth-order valence-corrected chi connectivity index (χ4v) is 1.76. The summed E-state index contributed by atoms with van der Waals surface area (Å²) in [6.45, 7) is 1.95. The highest BCUT2D eigenvalue weighted by molar-refractivity contribution is 6.34. The predicted octanol–water partition coefficient (Wildman–Crippen LogP) is 3.20. The molecule has 0 saturated carbocycles. The van der Waals surface area contributed by atoms with Crippen LogP contribution in [0.3, 0.4) is 0 Å². The average molecular weight is 254 g/mol. The summed E-state index contributed by atoms with van der Waals surface area (Å²) in [5.41, 5.74) is 0.214. The first-order valence-electron chi connectivity index (χ1n) is 5.04. The highest BCUT2D eigenvalue weighted by Crippen LogP contribution is 2.25. The highest BCUT2D eigenvalue weighted by atomic mass is 35.5. The predicted molar refractivity (Wildman–Crippen MR) is 62.7 cm³/mol. The van der Waals surface area contributed by atoms with Gasteiger partial charge in [-0.25, -0.2) is 14.2 Å². The van der Waals surface area contributed by atoms with Gasteiger partial charge >= 0.3 is 5.97 Å². The molecule has 2 aromatic rings. The molecular weight excluding hydrogens is 245 g/mol. The Morgan fingerprint density at radius 2 is 2.24 bits per heavy atom. The Bertz CT molecular complexity index is 586. The van der Waals surface area contributed by atoms with Gasteiger partial charge in [-0.3, -0.25) is 0 Å². The third-order valence-electron chi connectivity index (χ3n) is 2.30. The Labute approximate surface area is 102 Å². The number of aromatic nitrogens is 1. The van der Waals surface area contributed by atoms with Gasteiger partial charge in [0.1, 0.15) is 11.0 Å². The number of rotatable bonds is 2. The second kappa shape index (κ2) is 4.67. The van der Waals surface area contributed by atoms with Crippen molar-refractivity contribution in [2.45, 2.75) is 6.92 Å². The Hall–Kier alpha value is -1.68. The van der Waals surface area contributed by atoms with Crippen LogP contribution >= 0.6 is 11.6 Å². The topological polar surface area (TPSA) is 39.2 Å². The summed E-state index contributed by atoms with van der Waals surface area (Å²) in [6.07, 6.45) is 1.29. The molecule has 0 spiro atoms. The molecule has 17 heavy (non-hydrogen) atoms. The molecule has 3 nitrogen and oxygen atoms in total. The van der Waals surface area contributed by atoms with Crippen LogP contribution in [0.25, 0.3) is 10.8 Å². The van der Waals surface area contributed by atoms with E-state index < -0.39 is 11.8 Å². The van der Waals surface area contributed by atoms with Gasteiger partial charge in [0.25, 0.3) is 0 Å². The van der Waals surface area contributed by atoms with Crippen LogP contribution in [0.15, 0.2) is 24.4 Å². The van der Waals surface area contributed by atoms with Crippen molar-refractivity contribution >= 4 is 28.3 Å². The molecule has 0 saturated heterocycles. The number of pyridine rings is 1. The van der Waals surface area contributed by atoms with Crippen molar-refractivity contribution in [3.05, 3.63) is 40.9 Å². The van der Waals surface area contributed by atoms with E-state index >= 15 is 0 Å². The van der Waals surface area contributed by atoms with Gasteiger partial charge in [0.2, 0.25) is 0 Å². The van der Waals surface area contributed by atoms with E-state index in [0.29, 0.717) is 10.8 Å². The van der Waals surface area contributed by atoms with Crippen molar-refractivity contribution in [2.75, 3.05) is 6.61 Å². The van der Waals surface area contributed by atoms with E-state index in [4.69, 9.17) is 16.3 Å². The van der Waals surface area contributed by atoms with Crippen LogP contribution in [0.5, 0.6) is 0 Å². The number of halogens is 2. The quantitative estimate of drug-likeness (QED) is 0.609. The minimum absolute atomic E-state index is 0.214. The van der Waals surface area contributed by atoms with Gasteiger partial charge in [0, 0.05) is 17.0 Å². The van der Waals surface area contributed by atoms with Crippen molar-refractivity contribution in [3.8, 4) is 0 Å². The first-order valence-corrected chi connectivity index (χ1v) is 5.42. The molecule has 0 N–H and O–H groups in total. The number of esters is 1. The molecule has 0 aliphatic heterocycles. The van der Waals surface area contributed by atoms with E-state index in [1.54, 1.807) is 6.92 Å². The van der Waals surface area contributed by atoms with Gasteiger partial charge < -0.3 is 4.74 Å². The maximum Gasteiger partial charge on any atom is 0.340 e. The minimum Gasteiger partial charge on any atom is -0.462 e. The molecule has 1 aromatic heterocycles. The Balaban J connectivity index is 2.68. The van der Waals surface area contributed by atoms with Crippen molar-refractivity contribution < 1.29 is 13.9 Å². The van der Waals surface area contributed by atoms with Crippen molar-refractivity contribution in [3.63, 3.8) is 0 Å². The van der Waals surface area contributed by atoms with Crippen molar-refractivity contribution in [2.24, 2.45) is 0 Å². The molecule has 0 unspecified atom stereocenters. The van der Waals surface area contributed by atoms with Crippen LogP contribution in [0.4, 0.5) is 4.39 Å². The molecule has 0 fully saturated rings. The monoisotopic (exact) mass is 253 g/mol. The molecular formula is C12H9ClFNO2. The Morgan fingerprint density at radius 3 is 2.94 bits per heavy atom. The molecule has 0 aliphatic rings. The largest absolute Gasteiger partial charge is 0.462 e. The van der Waals surface area contributed by atoms with Crippen LogP contribution in [0.1, 0.15) is 17.3 Å². The van der Waals surface area contributed by atoms with E-state index in [9.17, 15) is 9.18 Å². The van der Waals surface area contributed by atoms with Crippen LogP contribution in [0, 0.1) is 5.82 Å². The zero-order chi connectivity index (χ0) is 12.4. The lowest BCUT2D eigenvalue weighted by molar-refractivity contribution is 0.0528. The molecule has 2 rings (SSSR count). The maximum atomic E-state index is 13.2. The zero-order valence-corrected chi connectivity index (χ0v) is 9.79. The summed E-state index contributed by atoms with van der Waals surface area (Å²) in [5, 5.41) is 1.16. The van der Waals surface area contributed by atoms with Crippen molar-refractivity contribution in [1.29, 1.82) is 0 Å². The zero-order valence-electron chi connectivity index (χ0n) is 9.04. The van der Waals surface area contributed by atoms with Gasteiger partial charge in [-0.2, -0.15) is 0 Å². The van der Waals surface area contributed by atoms with Gasteiger partial charge in [0.15, 0.2) is 0 Å². The lowest BCUT2D eigenvalue weighted by Crippen LogP contribution is -2.06. The lowest BCUT2D eigenvalue weighted by atomic mass is 10.1. The SMILES string of the molecule is CCOC(=O)c1cnc(Cl)c2ccc(F)cc12. The van der Waals surface area contributed by atoms with Gasteiger partial charge in [-0.15, -0.1) is 0 Å². The van der Waals surface area contributed by atoms with Crippen LogP contribution in [0.2, 0.25) is 5.15 Å². The second-order valence-corrected chi connectivity index (χ2v) is 3.73. The molecule has 1 aromatic carbocycles. The molecule has 88 valence electrons. The Morgan fingerprint density at radius 1 is 1.47 bits per heavy atom. The number of hydrogen-bond acceptors (Lipinski definition) is 3. The third kappa shape index (κ3) is 2.22. The minimum atomic E-state index is -0.535. The smallest absolute Gasteiger partial charge is 0.340 e. The lowest BCUT2D eigenvalue weighted by Gasteiger charge is -2.06. The highest BCUT2D eigenvalue weighted by Gasteiger charge is 2.14. The molecule has 0 aliphatic carbocycles. The second-order valence-electron chi connectivity index (χ2n) is 3.37. The summed E-state index contributed by atoms with van der Waals surface area (Å²) in [5.74, 6) is -0.974. The standard InChI is InChI=1S/C12H9ClFNO2/c1-2-17-12(16)10-6-15-11(13)8-4-3-7(14)5-9(8)10/h3-6H,2H2,1H3. The number of fused-ring (bicyclic) bond motifs is 1. The van der Waals surface area contributed by atoms with Gasteiger partial charge in [-0.1, -0.05) is 11.6 Å². The van der Waals surface area contributed by atoms with E-state index in [1.165, 1.54) is 24.4 Å². The average Bonchev–Trinajstić information content (AvgIpc) is 2.29. The molecule has 5 heteroatoms. The van der Waals surface area contributed by atoms with Crippen LogP contribution in [-0.4, -0.2) is 17.6 Å². The number of benzene rings is 1. The normalized spacial score (nSPS) is 10.5. The van der Waals surface area contributed by atoms with Crippen LogP contribution < -0.4 is 0 Å². The summed E-state index contributed by atoms with van der Waals surface area (Å²) in [6, 6.07) is 4.00. The van der Waals surface area contributed by atoms with Crippen molar-refractivity contribution in [1.82, 2.24) is 4.98 Å². The third-order valence-corrected chi connectivity index (χ3v) is 2.60. The van der Waals surface area contributed by atoms with E-state index in [-0.39, 0.29) is 17.3 Å². The Kier molecular flexibility index (Phi) is 3.24. The number of carbonyl (C=O) groups is 1. The number of hydrogen-bond donors (Lipinski definition) is 0. The summed E-state index contributed by atoms with van der Waals surface area (Å²) < 4.78 is 18.1. The van der Waals surface area contributed by atoms with E-state index in [2.05, 4.69) is 4.98 Å². The fraction of sp³-hybridized carbons (Fsp3) is 0.167. The molecule has 0 amide bonds. The maximum absolute atomic E-state index is 13.2. The molecule has 0 radical (unpaired) electrons. The van der Waals surface area contributed by atoms with Crippen LogP contribution in [-0.2, 0) is 4.74 Å². The number of ether oxygens (including phenoxy) is 1. The molecule has 0 atom stereocenters. The van der Waals surface area contributed by atoms with E-state index in [1.807, 2.05) is 0 Å². The first kappa shape index (κ1) is 11.8. The van der Waals surface area contributed by atoms with Gasteiger partial charge in [0.05, 0.1) is 12.2 Å². The summed E-state index contributed by atoms with van der Waals surface area (Å²) >= 11 is 5.88. The first-order chi connectivity index (χ1) is 8.13. The molecule has 1 heterocycles. The van der Waals surface area contributed by atoms with E-state index in [0.717, 1.165) is 0 Å².